The van der Waals surface area contributed by atoms with Gasteiger partial charge in [0.05, 0.1) is 38.1 Å². The highest BCUT2D eigenvalue weighted by Gasteiger charge is 2.64. The van der Waals surface area contributed by atoms with E-state index in [1.54, 1.807) is 31.1 Å². The van der Waals surface area contributed by atoms with Crippen molar-refractivity contribution < 1.29 is 45.8 Å². The van der Waals surface area contributed by atoms with Gasteiger partial charge in [-0.05, 0) is 74.8 Å². The first-order valence-corrected chi connectivity index (χ1v) is 13.8. The topological polar surface area (TPSA) is 88.1 Å². The number of halogens is 3. The summed E-state index contributed by atoms with van der Waals surface area (Å²) < 4.78 is 69.3. The lowest BCUT2D eigenvalue weighted by Crippen LogP contribution is -2.52. The summed E-state index contributed by atoms with van der Waals surface area (Å²) in [7, 11) is 2.07. The van der Waals surface area contributed by atoms with Crippen molar-refractivity contribution in [3.05, 3.63) is 95.9 Å². The molecule has 0 saturated heterocycles. The summed E-state index contributed by atoms with van der Waals surface area (Å²) in [5.74, 6) is -2.88. The second-order valence-electron chi connectivity index (χ2n) is 10.2. The Morgan fingerprint density at radius 1 is 0.929 bits per heavy atom. The summed E-state index contributed by atoms with van der Waals surface area (Å²) >= 11 is 0. The molecule has 228 valence electrons. The van der Waals surface area contributed by atoms with E-state index in [1.807, 2.05) is 19.1 Å². The predicted molar refractivity (Wildman–Crippen MR) is 148 cm³/mol. The van der Waals surface area contributed by atoms with Crippen LogP contribution in [0.3, 0.4) is 0 Å². The summed E-state index contributed by atoms with van der Waals surface area (Å²) in [4.78, 5) is 26.2. The van der Waals surface area contributed by atoms with E-state index >= 15 is 0 Å². The van der Waals surface area contributed by atoms with Crippen LogP contribution in [0.2, 0.25) is 0 Å². The fourth-order valence-electron chi connectivity index (χ4n) is 4.93. The van der Waals surface area contributed by atoms with Gasteiger partial charge in [-0.15, -0.1) is 0 Å². The average Bonchev–Trinajstić information content (AvgIpc) is 3.67. The number of carbonyl (C=O) groups excluding carboxylic acids is 2. The van der Waals surface area contributed by atoms with Crippen molar-refractivity contribution >= 4 is 11.9 Å². The van der Waals surface area contributed by atoms with E-state index in [-0.39, 0.29) is 6.42 Å². The molecule has 0 radical (unpaired) electrons. The number of alkyl halides is 3. The van der Waals surface area contributed by atoms with E-state index < -0.39 is 41.3 Å². The Morgan fingerprint density at radius 3 is 2.07 bits per heavy atom. The third kappa shape index (κ3) is 8.61. The Balaban J connectivity index is 1.86. The van der Waals surface area contributed by atoms with E-state index in [1.165, 1.54) is 25.3 Å². The Bertz CT molecular complexity index is 1250. The highest BCUT2D eigenvalue weighted by atomic mass is 19.4. The number of hydrogen-bond acceptors (Lipinski definition) is 7. The Hall–Kier alpha value is -3.79. The molecule has 2 aromatic heterocycles. The number of furan rings is 2. The fraction of sp³-hybridized carbons (Fsp3) is 0.438. The highest BCUT2D eigenvalue weighted by Crippen LogP contribution is 2.43. The van der Waals surface area contributed by atoms with Gasteiger partial charge < -0.3 is 23.0 Å². The molecule has 0 bridgehead atoms. The van der Waals surface area contributed by atoms with Gasteiger partial charge in [-0.2, -0.15) is 13.2 Å². The molecule has 0 saturated carbocycles. The van der Waals surface area contributed by atoms with E-state index in [2.05, 4.69) is 0 Å². The van der Waals surface area contributed by atoms with Crippen LogP contribution in [-0.4, -0.2) is 38.4 Å². The van der Waals surface area contributed by atoms with Crippen LogP contribution in [0.25, 0.3) is 0 Å². The number of ether oxygens (including phenoxy) is 3. The lowest BCUT2D eigenvalue weighted by molar-refractivity contribution is -0.277. The molecule has 0 N–H and O–H groups in total. The highest BCUT2D eigenvalue weighted by molar-refractivity contribution is 5.83. The second-order valence-corrected chi connectivity index (χ2v) is 10.2. The van der Waals surface area contributed by atoms with Crippen molar-refractivity contribution in [3.63, 3.8) is 0 Å². The molecule has 10 heteroatoms. The van der Waals surface area contributed by atoms with E-state index in [9.17, 15) is 22.8 Å². The maximum Gasteiger partial charge on any atom is 0.432 e. The molecule has 0 fully saturated rings. The van der Waals surface area contributed by atoms with Crippen LogP contribution in [0.15, 0.2) is 88.0 Å². The SMILES string of the molecule is COC(=O)[C@H](CCCc1ccoc1)C[C@H](/C=C(\C)CCCc1ccoc1)OC(=O)[C@](OC)(c1ccccc1)C(F)(F)F. The number of esters is 2. The predicted octanol–water partition coefficient (Wildman–Crippen LogP) is 7.36. The number of rotatable bonds is 16. The summed E-state index contributed by atoms with van der Waals surface area (Å²) in [6.07, 6.45) is 5.33. The number of hydrogen-bond donors (Lipinski definition) is 0. The lowest BCUT2D eigenvalue weighted by Gasteiger charge is -2.34. The van der Waals surface area contributed by atoms with Crippen LogP contribution < -0.4 is 0 Å². The minimum absolute atomic E-state index is 0.0602. The van der Waals surface area contributed by atoms with Gasteiger partial charge >= 0.3 is 18.1 Å². The lowest BCUT2D eigenvalue weighted by atomic mass is 9.91. The third-order valence-corrected chi connectivity index (χ3v) is 7.17. The third-order valence-electron chi connectivity index (χ3n) is 7.17. The molecule has 7 nitrogen and oxygen atoms in total. The van der Waals surface area contributed by atoms with E-state index in [0.717, 1.165) is 48.8 Å². The zero-order chi connectivity index (χ0) is 30.6. The van der Waals surface area contributed by atoms with Gasteiger partial charge in [0, 0.05) is 19.1 Å². The van der Waals surface area contributed by atoms with Gasteiger partial charge in [-0.1, -0.05) is 35.9 Å². The van der Waals surface area contributed by atoms with Gasteiger partial charge in [0.1, 0.15) is 6.10 Å². The van der Waals surface area contributed by atoms with Gasteiger partial charge in [0.2, 0.25) is 0 Å². The van der Waals surface area contributed by atoms with Crippen LogP contribution in [0.4, 0.5) is 13.2 Å². The van der Waals surface area contributed by atoms with Gasteiger partial charge in [-0.3, -0.25) is 4.79 Å². The zero-order valence-electron chi connectivity index (χ0n) is 24.0. The summed E-state index contributed by atoms with van der Waals surface area (Å²) in [5.41, 5.74) is -0.986. The van der Waals surface area contributed by atoms with Crippen LogP contribution >= 0.6 is 0 Å². The minimum atomic E-state index is -5.12. The van der Waals surface area contributed by atoms with E-state index in [0.29, 0.717) is 25.7 Å². The van der Waals surface area contributed by atoms with Crippen molar-refractivity contribution in [3.8, 4) is 0 Å². The molecule has 3 rings (SSSR count). The van der Waals surface area contributed by atoms with Gasteiger partial charge in [0.15, 0.2) is 0 Å². The Morgan fingerprint density at radius 2 is 1.55 bits per heavy atom. The number of aryl methyl sites for hydroxylation is 2. The quantitative estimate of drug-likeness (QED) is 0.127. The molecule has 0 unspecified atom stereocenters. The number of carbonyl (C=O) groups is 2. The zero-order valence-corrected chi connectivity index (χ0v) is 24.0. The maximum atomic E-state index is 14.5. The molecule has 0 aliphatic carbocycles. The van der Waals surface area contributed by atoms with Crippen molar-refractivity contribution in [1.29, 1.82) is 0 Å². The molecule has 42 heavy (non-hydrogen) atoms. The normalized spacial score (nSPS) is 15.0. The van der Waals surface area contributed by atoms with Gasteiger partial charge in [0.25, 0.3) is 5.60 Å². The summed E-state index contributed by atoms with van der Waals surface area (Å²) in [6.45, 7) is 1.81. The second kappa shape index (κ2) is 15.4. The molecule has 2 heterocycles. The van der Waals surface area contributed by atoms with Crippen molar-refractivity contribution in [2.24, 2.45) is 5.92 Å². The molecule has 0 aliphatic heterocycles. The van der Waals surface area contributed by atoms with Gasteiger partial charge in [-0.25, -0.2) is 4.79 Å². The largest absolute Gasteiger partial charge is 0.472 e. The van der Waals surface area contributed by atoms with Crippen molar-refractivity contribution in [1.82, 2.24) is 0 Å². The number of benzene rings is 1. The monoisotopic (exact) mass is 590 g/mol. The Labute approximate surface area is 243 Å². The molecule has 3 atom stereocenters. The smallest absolute Gasteiger partial charge is 0.432 e. The maximum absolute atomic E-state index is 14.5. The Kier molecular flexibility index (Phi) is 12.0. The molecule has 0 aliphatic rings. The van der Waals surface area contributed by atoms with Crippen LogP contribution in [-0.2, 0) is 42.2 Å². The molecular formula is C32H37F3O7. The van der Waals surface area contributed by atoms with Crippen LogP contribution in [0.1, 0.15) is 55.7 Å². The minimum Gasteiger partial charge on any atom is -0.472 e. The number of allylic oxidation sites excluding steroid dienone is 1. The molecule has 0 spiro atoms. The van der Waals surface area contributed by atoms with Crippen LogP contribution in [0, 0.1) is 5.92 Å². The van der Waals surface area contributed by atoms with Crippen LogP contribution in [0.5, 0.6) is 0 Å². The molecule has 3 aromatic rings. The first-order valence-electron chi connectivity index (χ1n) is 13.8. The average molecular weight is 591 g/mol. The summed E-state index contributed by atoms with van der Waals surface area (Å²) in [6, 6.07) is 10.3. The molecular weight excluding hydrogens is 553 g/mol. The molecule has 0 amide bonds. The summed E-state index contributed by atoms with van der Waals surface area (Å²) in [5, 5.41) is 0. The number of methoxy groups -OCH3 is 2. The standard InChI is InChI=1S/C32H37F3O7/c1-23(9-7-10-24-15-17-40-21-24)19-28(20-26(29(36)38-2)12-8-11-25-16-18-41-22-25)42-30(37)31(39-3,32(33,34)35)27-13-5-4-6-14-27/h4-6,13-19,21-22,26,28H,7-12,20H2,1-3H3/b23-19+/t26-,28+,31-/m1/s1. The first kappa shape index (κ1) is 32.7. The molecule has 1 aromatic carbocycles. The van der Waals surface area contributed by atoms with Crippen molar-refractivity contribution in [2.75, 3.05) is 14.2 Å². The van der Waals surface area contributed by atoms with E-state index in [4.69, 9.17) is 23.0 Å². The first-order chi connectivity index (χ1) is 20.1. The van der Waals surface area contributed by atoms with Crippen molar-refractivity contribution in [2.45, 2.75) is 69.8 Å². The fourth-order valence-corrected chi connectivity index (χ4v) is 4.93.